The van der Waals surface area contributed by atoms with Crippen molar-refractivity contribution < 1.29 is 14.3 Å². The summed E-state index contributed by atoms with van der Waals surface area (Å²) in [5.74, 6) is 0.0754. The Balaban J connectivity index is 1.63. The molecule has 26 heavy (non-hydrogen) atoms. The Morgan fingerprint density at radius 3 is 2.50 bits per heavy atom. The van der Waals surface area contributed by atoms with Gasteiger partial charge in [-0.1, -0.05) is 12.1 Å². The third-order valence-corrected chi connectivity index (χ3v) is 4.94. The Bertz CT molecular complexity index is 623. The van der Waals surface area contributed by atoms with E-state index in [9.17, 15) is 9.59 Å². The van der Waals surface area contributed by atoms with Crippen molar-refractivity contribution in [3.8, 4) is 0 Å². The average Bonchev–Trinajstić information content (AvgIpc) is 2.69. The van der Waals surface area contributed by atoms with Gasteiger partial charge in [-0.05, 0) is 31.9 Å². The molecule has 2 aliphatic heterocycles. The summed E-state index contributed by atoms with van der Waals surface area (Å²) in [7, 11) is 0. The van der Waals surface area contributed by atoms with E-state index in [1.54, 1.807) is 0 Å². The van der Waals surface area contributed by atoms with E-state index in [-0.39, 0.29) is 18.0 Å². The van der Waals surface area contributed by atoms with Gasteiger partial charge < -0.3 is 25.2 Å². The zero-order chi connectivity index (χ0) is 18.4. The van der Waals surface area contributed by atoms with Gasteiger partial charge in [0.05, 0.1) is 18.8 Å². The molecular weight excluding hydrogens is 332 g/mol. The molecule has 142 valence electrons. The van der Waals surface area contributed by atoms with Crippen molar-refractivity contribution in [1.29, 1.82) is 0 Å². The van der Waals surface area contributed by atoms with Crippen LogP contribution in [0.1, 0.15) is 30.1 Å². The number of anilines is 1. The highest BCUT2D eigenvalue weighted by atomic mass is 16.5. The third kappa shape index (κ3) is 4.46. The zero-order valence-corrected chi connectivity index (χ0v) is 15.4. The first-order valence-electron chi connectivity index (χ1n) is 9.44. The van der Waals surface area contributed by atoms with Gasteiger partial charge in [0.2, 0.25) is 0 Å². The lowest BCUT2D eigenvalue weighted by Gasteiger charge is -2.35. The number of hydrogen-bond donors (Lipinski definition) is 2. The molecule has 0 atom stereocenters. The fourth-order valence-corrected chi connectivity index (χ4v) is 3.53. The minimum atomic E-state index is -0.103. The van der Waals surface area contributed by atoms with Crippen molar-refractivity contribution in [3.63, 3.8) is 0 Å². The topological polar surface area (TPSA) is 73.9 Å². The first-order valence-corrected chi connectivity index (χ1v) is 9.44. The molecule has 7 heteroatoms. The first-order chi connectivity index (χ1) is 12.7. The molecule has 0 aromatic heterocycles. The highest BCUT2D eigenvalue weighted by Gasteiger charge is 2.26. The lowest BCUT2D eigenvalue weighted by Crippen LogP contribution is -2.48. The second kappa shape index (κ2) is 8.89. The Hall–Kier alpha value is -2.28. The van der Waals surface area contributed by atoms with Crippen LogP contribution in [-0.4, -0.2) is 68.8 Å². The van der Waals surface area contributed by atoms with Crippen LogP contribution in [0.3, 0.4) is 0 Å². The van der Waals surface area contributed by atoms with Gasteiger partial charge in [0.15, 0.2) is 0 Å². The zero-order valence-electron chi connectivity index (χ0n) is 15.4. The van der Waals surface area contributed by atoms with E-state index in [2.05, 4.69) is 15.5 Å². The molecule has 2 N–H and O–H groups in total. The minimum Gasteiger partial charge on any atom is -0.378 e. The number of carbonyl (C=O) groups excluding carboxylic acids is 2. The lowest BCUT2D eigenvalue weighted by molar-refractivity contribution is 0.0303. The first kappa shape index (κ1) is 18.5. The maximum absolute atomic E-state index is 12.9. The molecule has 7 nitrogen and oxygen atoms in total. The van der Waals surface area contributed by atoms with Gasteiger partial charge in [-0.25, -0.2) is 4.79 Å². The van der Waals surface area contributed by atoms with Gasteiger partial charge in [0.1, 0.15) is 0 Å². The molecule has 2 heterocycles. The molecule has 0 spiro atoms. The van der Waals surface area contributed by atoms with E-state index in [1.165, 1.54) is 0 Å². The van der Waals surface area contributed by atoms with Crippen LogP contribution in [0.5, 0.6) is 0 Å². The number of rotatable bonds is 4. The Labute approximate surface area is 154 Å². The summed E-state index contributed by atoms with van der Waals surface area (Å²) in [4.78, 5) is 28.7. The number of morpholine rings is 1. The molecule has 2 fully saturated rings. The largest absolute Gasteiger partial charge is 0.378 e. The number of nitrogens with zero attached hydrogens (tertiary/aromatic N) is 2. The van der Waals surface area contributed by atoms with Crippen molar-refractivity contribution in [2.24, 2.45) is 0 Å². The average molecular weight is 360 g/mol. The highest BCUT2D eigenvalue weighted by Crippen LogP contribution is 2.25. The summed E-state index contributed by atoms with van der Waals surface area (Å²) in [6.07, 6.45) is 1.74. The fourth-order valence-electron chi connectivity index (χ4n) is 3.53. The minimum absolute atomic E-state index is 0.0754. The normalized spacial score (nSPS) is 18.5. The van der Waals surface area contributed by atoms with Crippen LogP contribution in [0.4, 0.5) is 10.5 Å². The van der Waals surface area contributed by atoms with E-state index in [0.717, 1.165) is 37.2 Å². The van der Waals surface area contributed by atoms with Crippen LogP contribution in [0.15, 0.2) is 24.3 Å². The number of carbonyl (C=O) groups is 2. The summed E-state index contributed by atoms with van der Waals surface area (Å²) in [5, 5.41) is 5.79. The fraction of sp³-hybridized carbons (Fsp3) is 0.579. The molecule has 2 saturated heterocycles. The molecule has 0 unspecified atom stereocenters. The molecule has 0 bridgehead atoms. The Kier molecular flexibility index (Phi) is 6.33. The molecule has 3 rings (SSSR count). The number of amides is 3. The lowest BCUT2D eigenvalue weighted by atomic mass is 10.0. The summed E-state index contributed by atoms with van der Waals surface area (Å²) in [6.45, 7) is 6.67. The maximum atomic E-state index is 12.9. The predicted molar refractivity (Wildman–Crippen MR) is 101 cm³/mol. The van der Waals surface area contributed by atoms with Crippen LogP contribution in [0, 0.1) is 0 Å². The van der Waals surface area contributed by atoms with Gasteiger partial charge in [0.25, 0.3) is 5.91 Å². The van der Waals surface area contributed by atoms with Crippen LogP contribution in [-0.2, 0) is 4.74 Å². The number of para-hydroxylation sites is 1. The van der Waals surface area contributed by atoms with Crippen LogP contribution >= 0.6 is 0 Å². The summed E-state index contributed by atoms with van der Waals surface area (Å²) >= 11 is 0. The second-order valence-electron chi connectivity index (χ2n) is 6.69. The van der Waals surface area contributed by atoms with Gasteiger partial charge in [-0.15, -0.1) is 0 Å². The van der Waals surface area contributed by atoms with Crippen LogP contribution < -0.4 is 15.5 Å². The summed E-state index contributed by atoms with van der Waals surface area (Å²) < 4.78 is 5.35. The van der Waals surface area contributed by atoms with Crippen LogP contribution in [0.2, 0.25) is 0 Å². The molecule has 0 radical (unpaired) electrons. The van der Waals surface area contributed by atoms with E-state index in [0.29, 0.717) is 32.8 Å². The Morgan fingerprint density at radius 2 is 1.81 bits per heavy atom. The predicted octanol–water partition coefficient (Wildman–Crippen LogP) is 1.45. The summed E-state index contributed by atoms with van der Waals surface area (Å²) in [5.41, 5.74) is 1.74. The van der Waals surface area contributed by atoms with Gasteiger partial charge >= 0.3 is 6.03 Å². The summed E-state index contributed by atoms with van der Waals surface area (Å²) in [6, 6.07) is 7.90. The highest BCUT2D eigenvalue weighted by molar-refractivity contribution is 6.00. The van der Waals surface area contributed by atoms with Crippen molar-refractivity contribution in [2.45, 2.75) is 25.8 Å². The monoisotopic (exact) mass is 360 g/mol. The SMILES string of the molecule is CCNC(=O)NC1CCN(c2ccccc2C(=O)N2CCOCC2)CC1. The van der Waals surface area contributed by atoms with E-state index in [1.807, 2.05) is 36.1 Å². The quantitative estimate of drug-likeness (QED) is 0.852. The van der Waals surface area contributed by atoms with Gasteiger partial charge in [0, 0.05) is 44.5 Å². The van der Waals surface area contributed by atoms with Crippen molar-refractivity contribution in [3.05, 3.63) is 29.8 Å². The molecule has 3 amide bonds. The second-order valence-corrected chi connectivity index (χ2v) is 6.69. The molecule has 1 aromatic carbocycles. The molecule has 2 aliphatic rings. The Morgan fingerprint density at radius 1 is 1.12 bits per heavy atom. The third-order valence-electron chi connectivity index (χ3n) is 4.94. The molecular formula is C19H28N4O3. The number of ether oxygens (including phenoxy) is 1. The standard InChI is InChI=1S/C19H28N4O3/c1-2-20-19(25)21-15-7-9-22(10-8-15)17-6-4-3-5-16(17)18(24)23-11-13-26-14-12-23/h3-6,15H,2,7-14H2,1H3,(H2,20,21,25). The van der Waals surface area contributed by atoms with E-state index >= 15 is 0 Å². The number of urea groups is 1. The smallest absolute Gasteiger partial charge is 0.314 e. The van der Waals surface area contributed by atoms with Crippen molar-refractivity contribution in [1.82, 2.24) is 15.5 Å². The molecule has 0 saturated carbocycles. The number of nitrogens with one attached hydrogen (secondary N) is 2. The van der Waals surface area contributed by atoms with Gasteiger partial charge in [-0.2, -0.15) is 0 Å². The molecule has 0 aliphatic carbocycles. The van der Waals surface area contributed by atoms with Gasteiger partial charge in [-0.3, -0.25) is 4.79 Å². The van der Waals surface area contributed by atoms with Crippen LogP contribution in [0.25, 0.3) is 0 Å². The maximum Gasteiger partial charge on any atom is 0.314 e. The van der Waals surface area contributed by atoms with Crippen molar-refractivity contribution in [2.75, 3.05) is 50.8 Å². The molecule has 1 aromatic rings. The number of hydrogen-bond acceptors (Lipinski definition) is 4. The van der Waals surface area contributed by atoms with E-state index in [4.69, 9.17) is 4.74 Å². The number of benzene rings is 1. The van der Waals surface area contributed by atoms with E-state index < -0.39 is 0 Å². The number of piperidine rings is 1. The van der Waals surface area contributed by atoms with Crippen molar-refractivity contribution >= 4 is 17.6 Å².